The SMILES string of the molecule is Cc1cccc(CCCNC(=O)[C@H]2CCCN(S(=O)(=O)Cc3cccc(Cl)c3)C2)c1. The Morgan fingerprint density at radius 1 is 1.17 bits per heavy atom. The Kier molecular flexibility index (Phi) is 7.92. The van der Waals surface area contributed by atoms with Crippen molar-refractivity contribution < 1.29 is 13.2 Å². The second-order valence-corrected chi connectivity index (χ2v) is 10.4. The maximum atomic E-state index is 12.8. The molecule has 3 rings (SSSR count). The lowest BCUT2D eigenvalue weighted by Gasteiger charge is -2.31. The van der Waals surface area contributed by atoms with Crippen molar-refractivity contribution in [3.05, 3.63) is 70.2 Å². The second-order valence-electron chi connectivity index (χ2n) is 7.97. The molecule has 1 N–H and O–H groups in total. The Bertz CT molecular complexity index is 978. The summed E-state index contributed by atoms with van der Waals surface area (Å²) in [5.74, 6) is -0.452. The van der Waals surface area contributed by atoms with Gasteiger partial charge in [-0.15, -0.1) is 0 Å². The molecule has 0 bridgehead atoms. The number of hydrogen-bond acceptors (Lipinski definition) is 3. The van der Waals surface area contributed by atoms with Gasteiger partial charge >= 0.3 is 0 Å². The van der Waals surface area contributed by atoms with Crippen molar-refractivity contribution in [2.45, 2.75) is 38.4 Å². The molecule has 0 saturated carbocycles. The van der Waals surface area contributed by atoms with E-state index in [1.807, 2.05) is 6.07 Å². The van der Waals surface area contributed by atoms with Gasteiger partial charge in [0.05, 0.1) is 11.7 Å². The number of hydrogen-bond donors (Lipinski definition) is 1. The van der Waals surface area contributed by atoms with E-state index in [0.29, 0.717) is 36.5 Å². The summed E-state index contributed by atoms with van der Waals surface area (Å²) in [4.78, 5) is 12.6. The number of rotatable bonds is 8. The van der Waals surface area contributed by atoms with Crippen molar-refractivity contribution in [2.24, 2.45) is 5.92 Å². The maximum Gasteiger partial charge on any atom is 0.224 e. The highest BCUT2D eigenvalue weighted by Crippen LogP contribution is 2.22. The zero-order valence-electron chi connectivity index (χ0n) is 17.3. The zero-order valence-corrected chi connectivity index (χ0v) is 18.9. The molecule has 1 aliphatic rings. The fraction of sp³-hybridized carbons (Fsp3) is 0.435. The minimum Gasteiger partial charge on any atom is -0.356 e. The van der Waals surface area contributed by atoms with Crippen LogP contribution in [-0.4, -0.2) is 38.3 Å². The van der Waals surface area contributed by atoms with Crippen molar-refractivity contribution in [1.82, 2.24) is 9.62 Å². The molecule has 30 heavy (non-hydrogen) atoms. The lowest BCUT2D eigenvalue weighted by atomic mass is 9.98. The van der Waals surface area contributed by atoms with Gasteiger partial charge in [-0.3, -0.25) is 4.79 Å². The lowest BCUT2D eigenvalue weighted by Crippen LogP contribution is -2.45. The predicted octanol–water partition coefficient (Wildman–Crippen LogP) is 3.94. The molecule has 1 heterocycles. The number of halogens is 1. The van der Waals surface area contributed by atoms with Gasteiger partial charge < -0.3 is 5.32 Å². The summed E-state index contributed by atoms with van der Waals surface area (Å²) in [5.41, 5.74) is 3.16. The number of aryl methyl sites for hydroxylation is 2. The molecule has 2 aromatic rings. The van der Waals surface area contributed by atoms with Gasteiger partial charge in [-0.2, -0.15) is 0 Å². The Morgan fingerprint density at radius 2 is 1.93 bits per heavy atom. The van der Waals surface area contributed by atoms with Gasteiger partial charge in [0, 0.05) is 24.7 Å². The molecule has 0 radical (unpaired) electrons. The molecule has 7 heteroatoms. The number of nitrogens with zero attached hydrogens (tertiary/aromatic N) is 1. The maximum absolute atomic E-state index is 12.8. The van der Waals surface area contributed by atoms with Gasteiger partial charge in [-0.25, -0.2) is 12.7 Å². The molecule has 1 fully saturated rings. The average Bonchev–Trinajstić information content (AvgIpc) is 2.71. The molecule has 162 valence electrons. The van der Waals surface area contributed by atoms with E-state index in [9.17, 15) is 13.2 Å². The first-order chi connectivity index (χ1) is 14.3. The topological polar surface area (TPSA) is 66.5 Å². The van der Waals surface area contributed by atoms with Crippen LogP contribution in [0.4, 0.5) is 0 Å². The van der Waals surface area contributed by atoms with Crippen molar-refractivity contribution >= 4 is 27.5 Å². The number of sulfonamides is 1. The van der Waals surface area contributed by atoms with Crippen LogP contribution in [0.25, 0.3) is 0 Å². The Morgan fingerprint density at radius 3 is 2.70 bits per heavy atom. The monoisotopic (exact) mass is 448 g/mol. The summed E-state index contributed by atoms with van der Waals surface area (Å²) in [6, 6.07) is 15.3. The summed E-state index contributed by atoms with van der Waals surface area (Å²) in [7, 11) is -3.49. The summed E-state index contributed by atoms with van der Waals surface area (Å²) in [6.07, 6.45) is 3.18. The lowest BCUT2D eigenvalue weighted by molar-refractivity contribution is -0.126. The minimum absolute atomic E-state index is 0.0538. The third kappa shape index (κ3) is 6.56. The molecular formula is C23H29ClN2O3S. The molecular weight excluding hydrogens is 420 g/mol. The third-order valence-corrected chi connectivity index (χ3v) is 7.46. The van der Waals surface area contributed by atoms with Gasteiger partial charge in [0.15, 0.2) is 0 Å². The molecule has 1 atom stereocenters. The van der Waals surface area contributed by atoms with Gasteiger partial charge in [0.2, 0.25) is 15.9 Å². The van der Waals surface area contributed by atoms with E-state index in [4.69, 9.17) is 11.6 Å². The summed E-state index contributed by atoms with van der Waals surface area (Å²) in [6.45, 7) is 3.37. The summed E-state index contributed by atoms with van der Waals surface area (Å²) >= 11 is 5.97. The molecule has 0 aromatic heterocycles. The predicted molar refractivity (Wildman–Crippen MR) is 121 cm³/mol. The van der Waals surface area contributed by atoms with Crippen LogP contribution in [0.2, 0.25) is 5.02 Å². The Labute approximate surface area is 184 Å². The van der Waals surface area contributed by atoms with Crippen LogP contribution >= 0.6 is 11.6 Å². The molecule has 1 amide bonds. The number of nitrogens with one attached hydrogen (secondary N) is 1. The van der Waals surface area contributed by atoms with E-state index in [-0.39, 0.29) is 24.1 Å². The van der Waals surface area contributed by atoms with Gasteiger partial charge in [-0.1, -0.05) is 53.6 Å². The van der Waals surface area contributed by atoms with E-state index < -0.39 is 10.0 Å². The van der Waals surface area contributed by atoms with Crippen LogP contribution in [0.5, 0.6) is 0 Å². The first-order valence-corrected chi connectivity index (χ1v) is 12.4. The zero-order chi connectivity index (χ0) is 21.6. The fourth-order valence-corrected chi connectivity index (χ4v) is 5.66. The first-order valence-electron chi connectivity index (χ1n) is 10.4. The molecule has 2 aromatic carbocycles. The Balaban J connectivity index is 1.49. The Hall–Kier alpha value is -1.89. The highest BCUT2D eigenvalue weighted by atomic mass is 35.5. The number of carbonyl (C=O) groups is 1. The highest BCUT2D eigenvalue weighted by molar-refractivity contribution is 7.88. The number of carbonyl (C=O) groups excluding carboxylic acids is 1. The van der Waals surface area contributed by atoms with Crippen LogP contribution in [0.1, 0.15) is 36.0 Å². The van der Waals surface area contributed by atoms with Crippen molar-refractivity contribution in [1.29, 1.82) is 0 Å². The van der Waals surface area contributed by atoms with E-state index in [1.54, 1.807) is 24.3 Å². The quantitative estimate of drug-likeness (QED) is 0.622. The number of piperidine rings is 1. The first kappa shape index (κ1) is 22.8. The fourth-order valence-electron chi connectivity index (χ4n) is 3.85. The summed E-state index contributed by atoms with van der Waals surface area (Å²) < 4.78 is 27.1. The van der Waals surface area contributed by atoms with Crippen molar-refractivity contribution in [3.8, 4) is 0 Å². The minimum atomic E-state index is -3.49. The van der Waals surface area contributed by atoms with E-state index in [0.717, 1.165) is 12.8 Å². The van der Waals surface area contributed by atoms with Gasteiger partial charge in [-0.05, 0) is 55.9 Å². The van der Waals surface area contributed by atoms with Crippen molar-refractivity contribution in [3.63, 3.8) is 0 Å². The van der Waals surface area contributed by atoms with Crippen LogP contribution in [0.3, 0.4) is 0 Å². The van der Waals surface area contributed by atoms with Gasteiger partial charge in [0.25, 0.3) is 0 Å². The third-order valence-electron chi connectivity index (χ3n) is 5.41. The normalized spacial score (nSPS) is 17.6. The van der Waals surface area contributed by atoms with Crippen molar-refractivity contribution in [2.75, 3.05) is 19.6 Å². The standard InChI is InChI=1S/C23H29ClN2O3S/c1-18-6-2-7-19(14-18)9-4-12-25-23(27)21-10-5-13-26(16-21)30(28,29)17-20-8-3-11-22(24)15-20/h2-3,6-8,11,14-15,21H,4-5,9-10,12-13,16-17H2,1H3,(H,25,27)/t21-/m0/s1. The summed E-state index contributed by atoms with van der Waals surface area (Å²) in [5, 5.41) is 3.51. The second kappa shape index (κ2) is 10.4. The van der Waals surface area contributed by atoms with Crippen LogP contribution in [-0.2, 0) is 27.0 Å². The van der Waals surface area contributed by atoms with Crippen LogP contribution in [0, 0.1) is 12.8 Å². The van der Waals surface area contributed by atoms with E-state index in [1.165, 1.54) is 15.4 Å². The molecule has 0 aliphatic carbocycles. The molecule has 1 aliphatic heterocycles. The highest BCUT2D eigenvalue weighted by Gasteiger charge is 2.32. The smallest absolute Gasteiger partial charge is 0.224 e. The molecule has 1 saturated heterocycles. The molecule has 5 nitrogen and oxygen atoms in total. The largest absolute Gasteiger partial charge is 0.356 e. The number of benzene rings is 2. The van der Waals surface area contributed by atoms with Gasteiger partial charge in [0.1, 0.15) is 0 Å². The van der Waals surface area contributed by atoms with Crippen LogP contribution < -0.4 is 5.32 Å². The molecule has 0 unspecified atom stereocenters. The molecule has 0 spiro atoms. The van der Waals surface area contributed by atoms with E-state index in [2.05, 4.69) is 30.4 Å². The number of amides is 1. The van der Waals surface area contributed by atoms with E-state index >= 15 is 0 Å². The van der Waals surface area contributed by atoms with Crippen LogP contribution in [0.15, 0.2) is 48.5 Å². The average molecular weight is 449 g/mol.